The van der Waals surface area contributed by atoms with Crippen LogP contribution in [-0.2, 0) is 11.2 Å². The van der Waals surface area contributed by atoms with Crippen molar-refractivity contribution in [1.29, 1.82) is 0 Å². The van der Waals surface area contributed by atoms with Crippen molar-refractivity contribution in [2.75, 3.05) is 31.1 Å². The number of aromatic nitrogens is 1. The third-order valence-electron chi connectivity index (χ3n) is 6.55. The maximum atomic E-state index is 15.4. The molecule has 3 heterocycles. The van der Waals surface area contributed by atoms with Gasteiger partial charge in [0.25, 0.3) is 5.92 Å². The van der Waals surface area contributed by atoms with Crippen molar-refractivity contribution >= 4 is 22.6 Å². The summed E-state index contributed by atoms with van der Waals surface area (Å²) in [7, 11) is 0. The lowest BCUT2D eigenvalue weighted by atomic mass is 9.90. The van der Waals surface area contributed by atoms with Gasteiger partial charge < -0.3 is 15.0 Å². The third-order valence-corrected chi connectivity index (χ3v) is 6.55. The molecule has 1 aromatic heterocycles. The van der Waals surface area contributed by atoms with Crippen LogP contribution in [0.25, 0.3) is 10.9 Å². The summed E-state index contributed by atoms with van der Waals surface area (Å²) >= 11 is 0. The van der Waals surface area contributed by atoms with Crippen LogP contribution in [0.1, 0.15) is 29.8 Å². The van der Waals surface area contributed by atoms with E-state index in [1.807, 2.05) is 24.3 Å². The van der Waals surface area contributed by atoms with Gasteiger partial charge in [0.1, 0.15) is 11.6 Å². The highest BCUT2D eigenvalue weighted by Crippen LogP contribution is 2.42. The number of benzene rings is 2. The molecule has 9 heteroatoms. The number of aromatic amines is 1. The Morgan fingerprint density at radius 1 is 1.18 bits per heavy atom. The van der Waals surface area contributed by atoms with Gasteiger partial charge in [-0.2, -0.15) is 0 Å². The Kier molecular flexibility index (Phi) is 5.12. The second kappa shape index (κ2) is 7.76. The van der Waals surface area contributed by atoms with Gasteiger partial charge in [0.2, 0.25) is 0 Å². The van der Waals surface area contributed by atoms with Crippen LogP contribution < -0.4 is 4.90 Å². The van der Waals surface area contributed by atoms with Crippen molar-refractivity contribution in [3.8, 4) is 0 Å². The van der Waals surface area contributed by atoms with E-state index in [9.17, 15) is 13.6 Å². The van der Waals surface area contributed by atoms with Crippen LogP contribution >= 0.6 is 0 Å². The normalized spacial score (nSPS) is 19.5. The number of anilines is 1. The summed E-state index contributed by atoms with van der Waals surface area (Å²) in [5.41, 5.74) is 2.14. The molecular formula is C24H23F4N3O2. The number of fused-ring (bicyclic) bond motifs is 3. The second-order valence-electron chi connectivity index (χ2n) is 9.02. The van der Waals surface area contributed by atoms with Gasteiger partial charge in [-0.15, -0.1) is 0 Å². The highest BCUT2D eigenvalue weighted by Gasteiger charge is 2.40. The Labute approximate surface area is 187 Å². The average molecular weight is 461 g/mol. The largest absolute Gasteiger partial charge is 0.481 e. The van der Waals surface area contributed by atoms with Gasteiger partial charge in [-0.25, -0.2) is 17.6 Å². The van der Waals surface area contributed by atoms with E-state index in [2.05, 4.69) is 4.98 Å². The molecule has 1 atom stereocenters. The first-order valence-electron chi connectivity index (χ1n) is 10.8. The first-order chi connectivity index (χ1) is 15.6. The Balaban J connectivity index is 1.58. The van der Waals surface area contributed by atoms with E-state index in [0.29, 0.717) is 12.1 Å². The molecule has 2 aliphatic heterocycles. The lowest BCUT2D eigenvalue weighted by Gasteiger charge is -2.40. The molecule has 2 aliphatic rings. The zero-order valence-electron chi connectivity index (χ0n) is 17.9. The number of nitrogens with zero attached hydrogens (tertiary/aromatic N) is 2. The molecule has 0 bridgehead atoms. The molecule has 0 saturated carbocycles. The zero-order valence-corrected chi connectivity index (χ0v) is 17.9. The lowest BCUT2D eigenvalue weighted by Crippen LogP contribution is -2.50. The fourth-order valence-electron chi connectivity index (χ4n) is 5.00. The van der Waals surface area contributed by atoms with E-state index < -0.39 is 42.0 Å². The molecule has 0 radical (unpaired) electrons. The Morgan fingerprint density at radius 2 is 1.85 bits per heavy atom. The third kappa shape index (κ3) is 3.84. The molecule has 2 N–H and O–H groups in total. The molecule has 5 rings (SSSR count). The summed E-state index contributed by atoms with van der Waals surface area (Å²) in [6.45, 7) is 0.716. The first kappa shape index (κ1) is 21.8. The minimum absolute atomic E-state index is 0.164. The monoisotopic (exact) mass is 461 g/mol. The van der Waals surface area contributed by atoms with Gasteiger partial charge in [-0.1, -0.05) is 18.2 Å². The van der Waals surface area contributed by atoms with Crippen LogP contribution in [0.4, 0.5) is 23.2 Å². The van der Waals surface area contributed by atoms with Crippen LogP contribution in [0.2, 0.25) is 0 Å². The van der Waals surface area contributed by atoms with Crippen LogP contribution in [0, 0.1) is 17.6 Å². The van der Waals surface area contributed by atoms with E-state index in [1.54, 1.807) is 4.90 Å². The number of carboxylic acids is 1. The summed E-state index contributed by atoms with van der Waals surface area (Å²) in [6.07, 6.45) is 0.484. The van der Waals surface area contributed by atoms with Gasteiger partial charge >= 0.3 is 5.97 Å². The Hall–Kier alpha value is -3.07. The summed E-state index contributed by atoms with van der Waals surface area (Å²) in [5.74, 6) is -6.26. The maximum Gasteiger partial charge on any atom is 0.310 e. The summed E-state index contributed by atoms with van der Waals surface area (Å²) < 4.78 is 58.9. The van der Waals surface area contributed by atoms with Crippen molar-refractivity contribution in [2.24, 2.45) is 5.92 Å². The maximum absolute atomic E-state index is 15.4. The highest BCUT2D eigenvalue weighted by atomic mass is 19.3. The topological polar surface area (TPSA) is 59.6 Å². The number of alkyl halides is 2. The molecule has 0 amide bonds. The second-order valence-corrected chi connectivity index (χ2v) is 9.02. The number of rotatable bonds is 5. The standard InChI is InChI=1S/C24H23F4N3O2/c1-24(27,28)12-30-7-6-16-15-4-2-3-5-19(15)29-21(16)22(30)20-17(25)8-14(9-18(20)26)31-10-13(11-31)23(32)33/h2-5,8-9,13,22,29H,6-7,10-12H2,1H3,(H,32,33). The minimum Gasteiger partial charge on any atom is -0.481 e. The fraction of sp³-hybridized carbons (Fsp3) is 0.375. The van der Waals surface area contributed by atoms with Gasteiger partial charge in [0.15, 0.2) is 0 Å². The van der Waals surface area contributed by atoms with Gasteiger partial charge in [-0.05, 0) is 30.2 Å². The molecule has 174 valence electrons. The summed E-state index contributed by atoms with van der Waals surface area (Å²) in [6, 6.07) is 8.75. The molecule has 33 heavy (non-hydrogen) atoms. The number of H-pyrrole nitrogens is 1. The summed E-state index contributed by atoms with van der Waals surface area (Å²) in [5, 5.41) is 9.97. The van der Waals surface area contributed by atoms with Crippen molar-refractivity contribution in [3.05, 3.63) is 64.9 Å². The molecule has 0 spiro atoms. The zero-order chi connectivity index (χ0) is 23.5. The number of nitrogens with one attached hydrogen (secondary N) is 1. The molecular weight excluding hydrogens is 438 g/mol. The number of carboxylic acid groups (broad SMARTS) is 1. The lowest BCUT2D eigenvalue weighted by molar-refractivity contribution is -0.142. The van der Waals surface area contributed by atoms with Crippen molar-refractivity contribution in [2.45, 2.75) is 25.3 Å². The summed E-state index contributed by atoms with van der Waals surface area (Å²) in [4.78, 5) is 17.3. The number of aliphatic carboxylic acids is 1. The molecule has 1 saturated heterocycles. The quantitative estimate of drug-likeness (QED) is 0.547. The van der Waals surface area contributed by atoms with Crippen LogP contribution in [-0.4, -0.2) is 53.1 Å². The predicted molar refractivity (Wildman–Crippen MR) is 116 cm³/mol. The molecule has 1 fully saturated rings. The Bertz CT molecular complexity index is 1210. The fourth-order valence-corrected chi connectivity index (χ4v) is 5.00. The number of hydrogen-bond acceptors (Lipinski definition) is 3. The molecule has 1 unspecified atom stereocenters. The van der Waals surface area contributed by atoms with Gasteiger partial charge in [0, 0.05) is 54.4 Å². The van der Waals surface area contributed by atoms with Gasteiger partial charge in [0.05, 0.1) is 18.5 Å². The SMILES string of the molecule is CC(F)(F)CN1CCc2c([nH]c3ccccc23)C1c1c(F)cc(N2CC(C(=O)O)C2)cc1F. The molecule has 5 nitrogen and oxygen atoms in total. The van der Waals surface area contributed by atoms with Crippen molar-refractivity contribution < 1.29 is 27.5 Å². The van der Waals surface area contributed by atoms with E-state index in [4.69, 9.17) is 5.11 Å². The number of para-hydroxylation sites is 1. The molecule has 3 aromatic rings. The van der Waals surface area contributed by atoms with E-state index in [1.165, 1.54) is 4.90 Å². The molecule has 2 aromatic carbocycles. The Morgan fingerprint density at radius 3 is 2.48 bits per heavy atom. The first-order valence-corrected chi connectivity index (χ1v) is 10.8. The molecule has 0 aliphatic carbocycles. The number of hydrogen-bond donors (Lipinski definition) is 2. The highest BCUT2D eigenvalue weighted by molar-refractivity contribution is 5.85. The smallest absolute Gasteiger partial charge is 0.310 e. The van der Waals surface area contributed by atoms with Crippen LogP contribution in [0.3, 0.4) is 0 Å². The van der Waals surface area contributed by atoms with Crippen molar-refractivity contribution in [1.82, 2.24) is 9.88 Å². The van der Waals surface area contributed by atoms with Crippen LogP contribution in [0.15, 0.2) is 36.4 Å². The number of carbonyl (C=O) groups is 1. The van der Waals surface area contributed by atoms with E-state index in [0.717, 1.165) is 35.5 Å². The van der Waals surface area contributed by atoms with Crippen molar-refractivity contribution in [3.63, 3.8) is 0 Å². The van der Waals surface area contributed by atoms with Gasteiger partial charge in [-0.3, -0.25) is 9.69 Å². The minimum atomic E-state index is -3.04. The number of halogens is 4. The van der Waals surface area contributed by atoms with Crippen LogP contribution in [0.5, 0.6) is 0 Å². The predicted octanol–water partition coefficient (Wildman–Crippen LogP) is 4.57. The van der Waals surface area contributed by atoms with E-state index in [-0.39, 0.29) is 30.9 Å². The van der Waals surface area contributed by atoms with E-state index >= 15 is 8.78 Å². The average Bonchev–Trinajstić information content (AvgIpc) is 3.05.